The van der Waals surface area contributed by atoms with Crippen molar-refractivity contribution < 1.29 is 52.0 Å². The fourth-order valence-corrected chi connectivity index (χ4v) is 3.76. The Balaban J connectivity index is 1.86. The van der Waals surface area contributed by atoms with Gasteiger partial charge in [0.25, 0.3) is 0 Å². The minimum atomic E-state index is -4.75. The molecule has 2 fully saturated rings. The predicted octanol–water partition coefficient (Wildman–Crippen LogP) is -1.47. The van der Waals surface area contributed by atoms with Crippen LogP contribution in [0.15, 0.2) is 0 Å². The number of phosphoric ester groups is 2. The number of aliphatic hydroxyl groups excluding tert-OH is 1. The molecule has 0 saturated carbocycles. The number of hydrogen-bond acceptors (Lipinski definition) is 8. The lowest BCUT2D eigenvalue weighted by atomic mass is 9.96. The van der Waals surface area contributed by atoms with Gasteiger partial charge in [-0.3, -0.25) is 13.6 Å². The minimum absolute atomic E-state index is 0.0173. The largest absolute Gasteiger partial charge is 0.472 e. The first kappa shape index (κ1) is 21.5. The van der Waals surface area contributed by atoms with Gasteiger partial charge in [-0.1, -0.05) is 0 Å². The molecule has 2 saturated heterocycles. The van der Waals surface area contributed by atoms with Gasteiger partial charge in [-0.15, -0.1) is 0 Å². The molecule has 0 aromatic rings. The maximum atomic E-state index is 12.0. The van der Waals surface area contributed by atoms with E-state index in [2.05, 4.69) is 4.52 Å². The maximum Gasteiger partial charge on any atom is 0.472 e. The van der Waals surface area contributed by atoms with Gasteiger partial charge in [0.15, 0.2) is 0 Å². The summed E-state index contributed by atoms with van der Waals surface area (Å²) in [5.41, 5.74) is 0. The van der Waals surface area contributed by atoms with Crippen molar-refractivity contribution >= 4 is 31.3 Å². The molecule has 4 N–H and O–H groups in total. The molecular weight excluding hydrogens is 380 g/mol. The van der Waals surface area contributed by atoms with E-state index in [0.717, 1.165) is 0 Å². The van der Waals surface area contributed by atoms with Crippen LogP contribution in [0.1, 0.15) is 12.8 Å². The highest BCUT2D eigenvalue weighted by Crippen LogP contribution is 2.48. The van der Waals surface area contributed by atoms with Crippen molar-refractivity contribution in [3.05, 3.63) is 0 Å². The molecule has 4 radical (unpaired) electrons. The Kier molecular flexibility index (Phi) is 7.32. The summed E-state index contributed by atoms with van der Waals surface area (Å²) < 4.78 is 47.0. The van der Waals surface area contributed by atoms with Gasteiger partial charge in [0.1, 0.15) is 27.9 Å². The smallest absolute Gasteiger partial charge is 0.390 e. The molecule has 0 bridgehead atoms. The number of phosphoric acid groups is 2. The average molecular weight is 398 g/mol. The van der Waals surface area contributed by atoms with Crippen LogP contribution in [-0.2, 0) is 32.2 Å². The first-order valence-corrected chi connectivity index (χ1v) is 10.3. The van der Waals surface area contributed by atoms with Gasteiger partial charge in [0.05, 0.1) is 25.4 Å². The van der Waals surface area contributed by atoms with E-state index in [-0.39, 0.29) is 12.8 Å². The highest BCUT2D eigenvalue weighted by atomic mass is 31.2. The molecule has 0 aromatic heterocycles. The van der Waals surface area contributed by atoms with Crippen molar-refractivity contribution in [3.63, 3.8) is 0 Å². The quantitative estimate of drug-likeness (QED) is 0.279. The summed E-state index contributed by atoms with van der Waals surface area (Å²) in [5, 5.41) is 9.64. The number of hydrogen-bond donors (Lipinski definition) is 4. The zero-order valence-electron chi connectivity index (χ0n) is 13.0. The molecule has 140 valence electrons. The van der Waals surface area contributed by atoms with Gasteiger partial charge in [-0.2, -0.15) is 0 Å². The van der Waals surface area contributed by atoms with E-state index in [0.29, 0.717) is 0 Å². The Morgan fingerprint density at radius 3 is 2.08 bits per heavy atom. The topological polar surface area (TPSA) is 161 Å². The van der Waals surface area contributed by atoms with Crippen molar-refractivity contribution in [2.75, 3.05) is 13.2 Å². The fourth-order valence-electron chi connectivity index (χ4n) is 2.46. The number of aliphatic hydroxyl groups is 1. The van der Waals surface area contributed by atoms with Gasteiger partial charge >= 0.3 is 15.6 Å². The molecule has 7 atom stereocenters. The molecule has 0 aromatic carbocycles. The average Bonchev–Trinajstić information content (AvgIpc) is 2.95. The Morgan fingerprint density at radius 2 is 1.52 bits per heavy atom. The lowest BCUT2D eigenvalue weighted by molar-refractivity contribution is -0.0247. The second kappa shape index (κ2) is 8.50. The molecular formula is C10H18B2O11P2. The third-order valence-corrected chi connectivity index (χ3v) is 5.06. The Morgan fingerprint density at radius 1 is 0.960 bits per heavy atom. The van der Waals surface area contributed by atoms with Crippen LogP contribution in [0.5, 0.6) is 0 Å². The third kappa shape index (κ3) is 7.04. The van der Waals surface area contributed by atoms with Crippen LogP contribution < -0.4 is 0 Å². The standard InChI is InChI=1S/C10H18B2O11P2/c11-9-1-5(13)7(21-9)3-20-25(17,18)23-6-2-10(12)22-8(6)4-19-24(14,15)16/h5-10,13H,1-4H2,(H,17,18)(H2,14,15,16)/t5?,6?,7-,8-,9-,10-/m1/s1. The van der Waals surface area contributed by atoms with Crippen molar-refractivity contribution in [3.8, 4) is 0 Å². The molecule has 2 heterocycles. The molecule has 15 heteroatoms. The van der Waals surface area contributed by atoms with Gasteiger partial charge in [-0.25, -0.2) is 9.13 Å². The van der Waals surface area contributed by atoms with Crippen molar-refractivity contribution in [2.45, 2.75) is 49.3 Å². The van der Waals surface area contributed by atoms with Gasteiger partial charge in [0, 0.05) is 12.0 Å². The number of rotatable bonds is 8. The molecule has 11 nitrogen and oxygen atoms in total. The van der Waals surface area contributed by atoms with Gasteiger partial charge < -0.3 is 29.3 Å². The molecule has 0 spiro atoms. The minimum Gasteiger partial charge on any atom is -0.390 e. The second-order valence-corrected chi connectivity index (χ2v) is 8.30. The molecule has 2 aliphatic rings. The van der Waals surface area contributed by atoms with Crippen LogP contribution in [-0.4, -0.2) is 85.1 Å². The van der Waals surface area contributed by atoms with Crippen LogP contribution in [0.3, 0.4) is 0 Å². The summed E-state index contributed by atoms with van der Waals surface area (Å²) in [6, 6.07) is -1.56. The van der Waals surface area contributed by atoms with Crippen molar-refractivity contribution in [2.24, 2.45) is 0 Å². The summed E-state index contributed by atoms with van der Waals surface area (Å²) in [6.45, 7) is -1.03. The Bertz CT molecular complexity index is 545. The van der Waals surface area contributed by atoms with E-state index in [1.165, 1.54) is 0 Å². The zero-order valence-corrected chi connectivity index (χ0v) is 14.8. The fraction of sp³-hybridized carbons (Fsp3) is 1.00. The van der Waals surface area contributed by atoms with E-state index in [1.54, 1.807) is 0 Å². The second-order valence-electron chi connectivity index (χ2n) is 5.66. The Hall–Kier alpha value is 0.230. The van der Waals surface area contributed by atoms with Crippen LogP contribution in [0.2, 0.25) is 0 Å². The lowest BCUT2D eigenvalue weighted by Crippen LogP contribution is -2.30. The maximum absolute atomic E-state index is 12.0. The molecule has 2 rings (SSSR count). The number of ether oxygens (including phenoxy) is 2. The van der Waals surface area contributed by atoms with Crippen LogP contribution in [0.4, 0.5) is 0 Å². The van der Waals surface area contributed by atoms with Gasteiger partial charge in [-0.05, 0) is 12.8 Å². The van der Waals surface area contributed by atoms with Crippen molar-refractivity contribution in [1.82, 2.24) is 0 Å². The summed E-state index contributed by atoms with van der Waals surface area (Å²) >= 11 is 0. The molecule has 0 aliphatic carbocycles. The van der Waals surface area contributed by atoms with E-state index in [9.17, 15) is 19.1 Å². The molecule has 3 unspecified atom stereocenters. The zero-order chi connectivity index (χ0) is 18.8. The summed E-state index contributed by atoms with van der Waals surface area (Å²) in [6.07, 6.45) is -3.84. The van der Waals surface area contributed by atoms with Crippen molar-refractivity contribution in [1.29, 1.82) is 0 Å². The van der Waals surface area contributed by atoms with E-state index < -0.39 is 65.3 Å². The summed E-state index contributed by atoms with van der Waals surface area (Å²) in [7, 11) is 1.69. The molecule has 2 aliphatic heterocycles. The SMILES string of the molecule is [B][C@H]1CC(O)[C@@H](COP(=O)(O)OC2C[C@H]([B])O[C@@H]2COP(=O)(O)O)O1. The lowest BCUT2D eigenvalue weighted by Gasteiger charge is -2.23. The predicted molar refractivity (Wildman–Crippen MR) is 82.7 cm³/mol. The van der Waals surface area contributed by atoms with Gasteiger partial charge in [0.2, 0.25) is 0 Å². The molecule has 0 amide bonds. The highest BCUT2D eigenvalue weighted by molar-refractivity contribution is 7.47. The van der Waals surface area contributed by atoms with E-state index >= 15 is 0 Å². The first-order valence-electron chi connectivity index (χ1n) is 7.31. The first-order chi connectivity index (χ1) is 11.5. The van der Waals surface area contributed by atoms with E-state index in [4.69, 9.17) is 44.0 Å². The normalized spacial score (nSPS) is 38.7. The monoisotopic (exact) mass is 398 g/mol. The summed E-state index contributed by atoms with van der Waals surface area (Å²) in [5.74, 6) is 0. The van der Waals surface area contributed by atoms with E-state index in [1.807, 2.05) is 0 Å². The Labute approximate surface area is 146 Å². The van der Waals surface area contributed by atoms with Crippen LogP contribution >= 0.6 is 15.6 Å². The van der Waals surface area contributed by atoms with Crippen LogP contribution in [0, 0.1) is 0 Å². The summed E-state index contributed by atoms with van der Waals surface area (Å²) in [4.78, 5) is 27.2. The highest BCUT2D eigenvalue weighted by Gasteiger charge is 2.41. The molecule has 25 heavy (non-hydrogen) atoms. The third-order valence-electron chi connectivity index (χ3n) is 3.56. The van der Waals surface area contributed by atoms with Crippen LogP contribution in [0.25, 0.3) is 0 Å².